The standard InChI is InChI=1S/C14H22N2S/c1-13(2)10-4-5-14(13,3)12(6-10)15-7-11-8-17-9-16-11/h8-10,12,15H,4-7H2,1-3H3. The van der Waals surface area contributed by atoms with Gasteiger partial charge in [-0.2, -0.15) is 0 Å². The third kappa shape index (κ3) is 1.59. The zero-order valence-electron chi connectivity index (χ0n) is 11.0. The topological polar surface area (TPSA) is 24.9 Å². The fourth-order valence-corrected chi connectivity index (χ4v) is 4.62. The Morgan fingerprint density at radius 1 is 1.47 bits per heavy atom. The molecule has 17 heavy (non-hydrogen) atoms. The lowest BCUT2D eigenvalue weighted by atomic mass is 9.69. The van der Waals surface area contributed by atoms with Crippen LogP contribution in [0.2, 0.25) is 0 Å². The van der Waals surface area contributed by atoms with Gasteiger partial charge < -0.3 is 5.32 Å². The van der Waals surface area contributed by atoms with Gasteiger partial charge in [0.25, 0.3) is 0 Å². The summed E-state index contributed by atoms with van der Waals surface area (Å²) in [5.74, 6) is 0.917. The molecule has 0 spiro atoms. The number of rotatable bonds is 3. The summed E-state index contributed by atoms with van der Waals surface area (Å²) >= 11 is 1.69. The molecule has 3 unspecified atom stereocenters. The fraction of sp³-hybridized carbons (Fsp3) is 0.786. The van der Waals surface area contributed by atoms with Crippen molar-refractivity contribution in [3.05, 3.63) is 16.6 Å². The molecule has 1 N–H and O–H groups in total. The number of nitrogens with one attached hydrogen (secondary N) is 1. The molecule has 1 heterocycles. The van der Waals surface area contributed by atoms with Crippen molar-refractivity contribution in [3.63, 3.8) is 0 Å². The molecule has 3 rings (SSSR count). The molecule has 2 bridgehead atoms. The van der Waals surface area contributed by atoms with Gasteiger partial charge in [-0.1, -0.05) is 20.8 Å². The molecule has 3 heteroatoms. The zero-order valence-corrected chi connectivity index (χ0v) is 11.8. The van der Waals surface area contributed by atoms with Crippen LogP contribution in [0.1, 0.15) is 45.7 Å². The predicted molar refractivity (Wildman–Crippen MR) is 72.0 cm³/mol. The highest BCUT2D eigenvalue weighted by atomic mass is 32.1. The van der Waals surface area contributed by atoms with Gasteiger partial charge >= 0.3 is 0 Å². The number of aromatic nitrogens is 1. The van der Waals surface area contributed by atoms with E-state index in [2.05, 4.69) is 36.5 Å². The van der Waals surface area contributed by atoms with Crippen molar-refractivity contribution in [2.45, 2.75) is 52.6 Å². The van der Waals surface area contributed by atoms with Crippen molar-refractivity contribution in [1.82, 2.24) is 10.3 Å². The third-order valence-electron chi connectivity index (χ3n) is 5.81. The van der Waals surface area contributed by atoms with Gasteiger partial charge in [-0.15, -0.1) is 11.3 Å². The molecule has 2 nitrogen and oxygen atoms in total. The molecule has 2 aliphatic rings. The summed E-state index contributed by atoms with van der Waals surface area (Å²) in [4.78, 5) is 4.35. The largest absolute Gasteiger partial charge is 0.308 e. The Bertz CT molecular complexity index is 398. The second-order valence-electron chi connectivity index (χ2n) is 6.52. The number of fused-ring (bicyclic) bond motifs is 2. The normalized spacial score (nSPS) is 38.8. The lowest BCUT2D eigenvalue weighted by Crippen LogP contribution is -2.44. The Kier molecular flexibility index (Phi) is 2.60. The SMILES string of the molecule is CC1(C)C2CCC1(C)C(NCc1cscn1)C2. The van der Waals surface area contributed by atoms with Crippen LogP contribution in [-0.2, 0) is 6.54 Å². The van der Waals surface area contributed by atoms with Gasteiger partial charge in [-0.05, 0) is 36.0 Å². The van der Waals surface area contributed by atoms with Crippen LogP contribution < -0.4 is 5.32 Å². The van der Waals surface area contributed by atoms with Crippen molar-refractivity contribution in [2.24, 2.45) is 16.7 Å². The van der Waals surface area contributed by atoms with E-state index in [4.69, 9.17) is 0 Å². The van der Waals surface area contributed by atoms with Crippen LogP contribution in [0.25, 0.3) is 0 Å². The average molecular weight is 250 g/mol. The monoisotopic (exact) mass is 250 g/mol. The summed E-state index contributed by atoms with van der Waals surface area (Å²) < 4.78 is 0. The highest BCUT2D eigenvalue weighted by Crippen LogP contribution is 2.65. The molecule has 2 fully saturated rings. The number of thiazole rings is 1. The van der Waals surface area contributed by atoms with Gasteiger partial charge in [-0.25, -0.2) is 4.98 Å². The molecule has 0 saturated heterocycles. The highest BCUT2D eigenvalue weighted by molar-refractivity contribution is 7.07. The summed E-state index contributed by atoms with van der Waals surface area (Å²) in [7, 11) is 0. The Balaban J connectivity index is 1.70. The van der Waals surface area contributed by atoms with Crippen molar-refractivity contribution in [2.75, 3.05) is 0 Å². The maximum atomic E-state index is 4.35. The Morgan fingerprint density at radius 3 is 2.82 bits per heavy atom. The summed E-state index contributed by atoms with van der Waals surface area (Å²) in [6.07, 6.45) is 4.17. The van der Waals surface area contributed by atoms with E-state index in [1.165, 1.54) is 25.0 Å². The molecule has 0 aromatic carbocycles. The Labute approximate surface area is 108 Å². The smallest absolute Gasteiger partial charge is 0.0795 e. The maximum Gasteiger partial charge on any atom is 0.0795 e. The van der Waals surface area contributed by atoms with Gasteiger partial charge in [0.15, 0.2) is 0 Å². The minimum absolute atomic E-state index is 0.480. The van der Waals surface area contributed by atoms with E-state index in [1.54, 1.807) is 11.3 Å². The first-order chi connectivity index (χ1) is 8.04. The average Bonchev–Trinajstić information content (AvgIpc) is 2.91. The fourth-order valence-electron chi connectivity index (χ4n) is 4.06. The summed E-state index contributed by atoms with van der Waals surface area (Å²) in [6, 6.07) is 0.679. The van der Waals surface area contributed by atoms with Gasteiger partial charge in [0.05, 0.1) is 11.2 Å². The third-order valence-corrected chi connectivity index (χ3v) is 6.44. The molecule has 2 aliphatic carbocycles. The van der Waals surface area contributed by atoms with E-state index in [1.807, 2.05) is 5.51 Å². The minimum Gasteiger partial charge on any atom is -0.308 e. The molecular weight excluding hydrogens is 228 g/mol. The summed E-state index contributed by atoms with van der Waals surface area (Å²) in [5.41, 5.74) is 4.10. The molecule has 1 aromatic rings. The highest BCUT2D eigenvalue weighted by Gasteiger charge is 2.60. The number of nitrogens with zero attached hydrogens (tertiary/aromatic N) is 1. The van der Waals surface area contributed by atoms with E-state index in [0.29, 0.717) is 16.9 Å². The van der Waals surface area contributed by atoms with Crippen LogP contribution in [0.3, 0.4) is 0 Å². The van der Waals surface area contributed by atoms with Crippen molar-refractivity contribution in [1.29, 1.82) is 0 Å². The van der Waals surface area contributed by atoms with E-state index in [9.17, 15) is 0 Å². The van der Waals surface area contributed by atoms with E-state index in [0.717, 1.165) is 12.5 Å². The number of hydrogen-bond acceptors (Lipinski definition) is 3. The van der Waals surface area contributed by atoms with E-state index >= 15 is 0 Å². The lowest BCUT2D eigenvalue weighted by molar-refractivity contribution is 0.120. The lowest BCUT2D eigenvalue weighted by Gasteiger charge is -2.39. The molecule has 0 aliphatic heterocycles. The van der Waals surface area contributed by atoms with Crippen LogP contribution in [0.4, 0.5) is 0 Å². The molecule has 2 saturated carbocycles. The van der Waals surface area contributed by atoms with Gasteiger partial charge in [0.1, 0.15) is 0 Å². The van der Waals surface area contributed by atoms with E-state index < -0.39 is 0 Å². The van der Waals surface area contributed by atoms with E-state index in [-0.39, 0.29) is 0 Å². The summed E-state index contributed by atoms with van der Waals surface area (Å²) in [5, 5.41) is 5.90. The van der Waals surface area contributed by atoms with Gasteiger partial charge in [0.2, 0.25) is 0 Å². The first-order valence-corrected chi connectivity index (χ1v) is 7.59. The second-order valence-corrected chi connectivity index (χ2v) is 7.24. The van der Waals surface area contributed by atoms with Crippen LogP contribution in [0.15, 0.2) is 10.9 Å². The molecule has 0 radical (unpaired) electrons. The first kappa shape index (κ1) is 11.7. The molecular formula is C14H22N2S. The van der Waals surface area contributed by atoms with Crippen molar-refractivity contribution >= 4 is 11.3 Å². The van der Waals surface area contributed by atoms with Crippen LogP contribution in [-0.4, -0.2) is 11.0 Å². The molecule has 3 atom stereocenters. The summed E-state index contributed by atoms with van der Waals surface area (Å²) in [6.45, 7) is 8.36. The first-order valence-electron chi connectivity index (χ1n) is 6.64. The van der Waals surface area contributed by atoms with Crippen LogP contribution in [0, 0.1) is 16.7 Å². The van der Waals surface area contributed by atoms with Crippen molar-refractivity contribution in [3.8, 4) is 0 Å². The predicted octanol–water partition coefficient (Wildman–Crippen LogP) is 3.45. The molecule has 94 valence electrons. The quantitative estimate of drug-likeness (QED) is 0.889. The molecule has 0 amide bonds. The maximum absolute atomic E-state index is 4.35. The van der Waals surface area contributed by atoms with Gasteiger partial charge in [-0.3, -0.25) is 0 Å². The minimum atomic E-state index is 0.480. The second kappa shape index (κ2) is 3.79. The zero-order chi connectivity index (χ0) is 12.1. The number of hydrogen-bond donors (Lipinski definition) is 1. The van der Waals surface area contributed by atoms with Crippen LogP contribution in [0.5, 0.6) is 0 Å². The van der Waals surface area contributed by atoms with Gasteiger partial charge in [0, 0.05) is 18.0 Å². The Hall–Kier alpha value is -0.410. The van der Waals surface area contributed by atoms with Crippen molar-refractivity contribution < 1.29 is 0 Å². The van der Waals surface area contributed by atoms with Crippen LogP contribution >= 0.6 is 11.3 Å². The Morgan fingerprint density at radius 2 is 2.29 bits per heavy atom. The molecule has 1 aromatic heterocycles.